The number of hydrogen-bond donors (Lipinski definition) is 1. The van der Waals surface area contributed by atoms with Gasteiger partial charge in [-0.25, -0.2) is 58.0 Å². The lowest BCUT2D eigenvalue weighted by Crippen LogP contribution is -2.63. The molecule has 0 aromatic rings. The Kier molecular flexibility index (Phi) is 39.2. The Labute approximate surface area is 388 Å². The number of halogens is 10. The Morgan fingerprint density at radius 2 is 0.926 bits per heavy atom. The van der Waals surface area contributed by atoms with E-state index in [0.717, 1.165) is 21.3 Å². The molecule has 0 aromatic carbocycles. The number of carbonyl (C=O) groups is 4. The van der Waals surface area contributed by atoms with E-state index in [0.29, 0.717) is 18.2 Å². The first-order chi connectivity index (χ1) is 28.6. The van der Waals surface area contributed by atoms with Crippen molar-refractivity contribution < 1.29 is 126 Å². The van der Waals surface area contributed by atoms with Crippen LogP contribution in [-0.4, -0.2) is 139 Å². The maximum Gasteiger partial charge on any atom is 0.495 e. The first kappa shape index (κ1) is 77.4. The summed E-state index contributed by atoms with van der Waals surface area (Å²) in [4.78, 5) is 79.0. The second-order valence-electron chi connectivity index (χ2n) is 11.2. The maximum absolute atomic E-state index is 15.5. The molecular weight excluding hydrogens is 958 g/mol. The molecule has 0 heterocycles. The summed E-state index contributed by atoms with van der Waals surface area (Å²) in [7, 11) is 2.69. The molecule has 0 rings (SSSR count). The van der Waals surface area contributed by atoms with Gasteiger partial charge in [-0.15, -0.1) is 13.8 Å². The lowest BCUT2D eigenvalue weighted by Gasteiger charge is -2.47. The zero-order valence-corrected chi connectivity index (χ0v) is 32.7. The van der Waals surface area contributed by atoms with Crippen molar-refractivity contribution in [1.82, 2.24) is 10.4 Å². The highest BCUT2D eigenvalue weighted by Crippen LogP contribution is 2.46. The molecule has 0 aliphatic rings. The fourth-order valence-electron chi connectivity index (χ4n) is 4.27. The first-order valence-electron chi connectivity index (χ1n) is 16.1. The van der Waals surface area contributed by atoms with Crippen LogP contribution in [0.25, 0.3) is 0 Å². The minimum Gasteiger partial charge on any atom is -0.460 e. The predicted octanol–water partition coefficient (Wildman–Crippen LogP) is 7.78. The summed E-state index contributed by atoms with van der Waals surface area (Å²) in [6.07, 6.45) is -24.9. The van der Waals surface area contributed by atoms with E-state index in [1.807, 2.05) is 0 Å². The van der Waals surface area contributed by atoms with Gasteiger partial charge in [0.15, 0.2) is 0 Å². The van der Waals surface area contributed by atoms with E-state index < -0.39 is 134 Å². The van der Waals surface area contributed by atoms with Crippen molar-refractivity contribution in [3.63, 3.8) is 0 Å². The van der Waals surface area contributed by atoms with Crippen LogP contribution >= 0.6 is 0 Å². The fraction of sp³-hybridized carbons (Fsp3) is 0.590. The van der Waals surface area contributed by atoms with Crippen LogP contribution in [0.1, 0.15) is 44.6 Å². The van der Waals surface area contributed by atoms with E-state index in [9.17, 15) is 36.7 Å². The Balaban J connectivity index is -0.00000124. The van der Waals surface area contributed by atoms with Gasteiger partial charge in [-0.2, -0.15) is 35.1 Å². The molecule has 0 bridgehead atoms. The molecule has 1 amide bonds. The van der Waals surface area contributed by atoms with Crippen LogP contribution < -0.4 is 5.32 Å². The number of esters is 3. The third-order valence-electron chi connectivity index (χ3n) is 6.95. The molecule has 29 heteroatoms. The van der Waals surface area contributed by atoms with Crippen molar-refractivity contribution in [3.8, 4) is 0 Å². The molecule has 402 valence electrons. The Hall–Kier alpha value is -4.82. The molecule has 0 saturated heterocycles. The van der Waals surface area contributed by atoms with E-state index in [1.165, 1.54) is 5.32 Å². The van der Waals surface area contributed by atoms with Gasteiger partial charge in [0, 0.05) is 18.2 Å². The van der Waals surface area contributed by atoms with Crippen molar-refractivity contribution in [2.75, 3.05) is 67.7 Å². The maximum atomic E-state index is 15.5. The molecule has 0 fully saturated rings. The van der Waals surface area contributed by atoms with Gasteiger partial charge >= 0.3 is 55.0 Å². The topological polar surface area (TPSA) is 204 Å². The summed E-state index contributed by atoms with van der Waals surface area (Å²) in [6, 6.07) is 0. The van der Waals surface area contributed by atoms with Crippen molar-refractivity contribution in [3.05, 3.63) is 74.4 Å². The number of carbonyl (C=O) groups excluding carboxylic acids is 4. The van der Waals surface area contributed by atoms with Crippen molar-refractivity contribution in [2.45, 2.75) is 86.9 Å². The number of amides is 1. The normalized spacial score (nSPS) is 11.6. The molecule has 0 spiro atoms. The quantitative estimate of drug-likeness (QED) is 0.00955. The smallest absolute Gasteiger partial charge is 0.460 e. The molecule has 1 N–H and O–H groups in total. The highest BCUT2D eigenvalue weighted by atomic mass is 19.3. The number of ether oxygens (including phenoxy) is 6. The van der Waals surface area contributed by atoms with Gasteiger partial charge in [-0.05, 0) is 16.7 Å². The minimum absolute atomic E-state index is 0. The van der Waals surface area contributed by atoms with Crippen LogP contribution in [0, 0.1) is 0 Å². The highest BCUT2D eigenvalue weighted by molar-refractivity contribution is 5.84. The molecule has 0 radical (unpaired) electrons. The van der Waals surface area contributed by atoms with Crippen molar-refractivity contribution in [1.29, 1.82) is 0 Å². The highest BCUT2D eigenvalue weighted by Gasteiger charge is 2.69. The number of alkyl halides is 10. The number of hydrogen-bond acceptors (Lipinski definition) is 18. The van der Waals surface area contributed by atoms with E-state index >= 15 is 26.3 Å². The average molecular weight is 1020 g/mol. The van der Waals surface area contributed by atoms with Crippen molar-refractivity contribution in [2.24, 2.45) is 0 Å². The lowest BCUT2D eigenvalue weighted by molar-refractivity contribution is -0.565. The van der Waals surface area contributed by atoms with E-state index in [1.54, 1.807) is 0 Å². The SMILES string of the molecule is C.C.C.C.C.C.C=CC(=O)OCC(COC(=O)C=C)(COC(=O)C=C)NC(=O)C(F)(F)OC(F)(F)OC(F)(F)C(F)(F)ON(COC(F)F)C(C(=C)COOC)(C(=C)COOC)C(=C)COOC. The summed E-state index contributed by atoms with van der Waals surface area (Å²) in [5.74, 6) is -7.24. The minimum atomic E-state index is -6.91. The number of nitrogens with zero attached hydrogens (tertiary/aromatic N) is 1. The Morgan fingerprint density at radius 3 is 1.22 bits per heavy atom. The lowest BCUT2D eigenvalue weighted by atomic mass is 9.77. The number of hydroxylamine groups is 2. The molecule has 0 saturated carbocycles. The van der Waals surface area contributed by atoms with Gasteiger partial charge < -0.3 is 24.3 Å². The molecule has 0 aromatic heterocycles. The summed E-state index contributed by atoms with van der Waals surface area (Å²) >= 11 is 0. The largest absolute Gasteiger partial charge is 0.495 e. The van der Waals surface area contributed by atoms with E-state index in [-0.39, 0.29) is 44.6 Å². The zero-order chi connectivity index (χ0) is 48.2. The number of rotatable bonds is 34. The molecule has 0 aliphatic heterocycles. The molecule has 19 nitrogen and oxygen atoms in total. The molecular formula is C39H64F10N2O17. The zero-order valence-electron chi connectivity index (χ0n) is 32.7. The summed E-state index contributed by atoms with van der Waals surface area (Å²) in [5, 5.41) is 0.564. The second-order valence-corrected chi connectivity index (χ2v) is 11.2. The standard InChI is InChI=1S/C33H40F10N2O17.6CH4/c1-10-23(46)53-16-28(17-54-24(47)11-2,18-55-25(48)12-3)44-26(49)30(36,37)60-33(42,43)61-31(38,39)32(40,41)62-45(19-56-27(34)35)29(20(4)13-57-50-7,21(5)14-58-51-8)22(6)15-59-52-9;;;;;;/h10-12,27H,1-6,13-19H2,7-9H3,(H,44,49);6*1H4. The summed E-state index contributed by atoms with van der Waals surface area (Å²) in [5.41, 5.74) is -8.15. The Bertz CT molecular complexity index is 1490. The van der Waals surface area contributed by atoms with Gasteiger partial charge in [-0.1, -0.05) is 84.0 Å². The summed E-state index contributed by atoms with van der Waals surface area (Å²) in [6.45, 7) is 6.27. The number of nitrogens with one attached hydrogen (secondary N) is 1. The average Bonchev–Trinajstić information content (AvgIpc) is 3.19. The third kappa shape index (κ3) is 23.5. The van der Waals surface area contributed by atoms with Crippen LogP contribution in [0.4, 0.5) is 43.9 Å². The summed E-state index contributed by atoms with van der Waals surface area (Å²) < 4.78 is 171. The molecule has 0 atom stereocenters. The van der Waals surface area contributed by atoms with Crippen molar-refractivity contribution >= 4 is 23.8 Å². The van der Waals surface area contributed by atoms with Gasteiger partial charge in [0.25, 0.3) is 0 Å². The van der Waals surface area contributed by atoms with Gasteiger partial charge in [-0.3, -0.25) is 4.79 Å². The molecule has 0 aliphatic carbocycles. The Morgan fingerprint density at radius 1 is 0.588 bits per heavy atom. The van der Waals surface area contributed by atoms with Gasteiger partial charge in [0.2, 0.25) is 0 Å². The van der Waals surface area contributed by atoms with Crippen LogP contribution in [0.2, 0.25) is 0 Å². The monoisotopic (exact) mass is 1020 g/mol. The van der Waals surface area contributed by atoms with Gasteiger partial charge in [0.05, 0.1) is 21.3 Å². The third-order valence-corrected chi connectivity index (χ3v) is 6.95. The van der Waals surface area contributed by atoms with Crippen LogP contribution in [-0.2, 0) is 81.8 Å². The van der Waals surface area contributed by atoms with Crippen LogP contribution in [0.3, 0.4) is 0 Å². The van der Waals surface area contributed by atoms with E-state index in [4.69, 9.17) is 0 Å². The van der Waals surface area contributed by atoms with Crippen LogP contribution in [0.5, 0.6) is 0 Å². The van der Waals surface area contributed by atoms with E-state index in [2.05, 4.69) is 102 Å². The van der Waals surface area contributed by atoms with Gasteiger partial charge in [0.1, 0.15) is 57.4 Å². The second kappa shape index (κ2) is 34.5. The fourth-order valence-corrected chi connectivity index (χ4v) is 4.27. The molecule has 0 unspecified atom stereocenters. The predicted molar refractivity (Wildman–Crippen MR) is 221 cm³/mol. The first-order valence-corrected chi connectivity index (χ1v) is 16.1. The van der Waals surface area contributed by atoms with Crippen LogP contribution in [0.15, 0.2) is 74.4 Å². The molecule has 68 heavy (non-hydrogen) atoms.